The molecule has 0 spiro atoms. The molecule has 0 saturated carbocycles. The normalized spacial score (nSPS) is 10.8. The fourth-order valence-corrected chi connectivity index (χ4v) is 2.34. The Bertz CT molecular complexity index is 747. The number of aromatic nitrogens is 3. The number of rotatable bonds is 4. The van der Waals surface area contributed by atoms with Gasteiger partial charge in [-0.3, -0.25) is 14.5 Å². The fraction of sp³-hybridized carbons (Fsp3) is 0.188. The van der Waals surface area contributed by atoms with Gasteiger partial charge in [-0.15, -0.1) is 0 Å². The topological polar surface area (TPSA) is 47.8 Å². The smallest absolute Gasteiger partial charge is 0.187 e. The third-order valence-electron chi connectivity index (χ3n) is 3.31. The van der Waals surface area contributed by atoms with Crippen LogP contribution in [0.1, 0.15) is 23.1 Å². The first-order valence-corrected chi connectivity index (χ1v) is 6.68. The van der Waals surface area contributed by atoms with E-state index in [2.05, 4.69) is 10.1 Å². The number of Topliss-reactive ketones (excluding diaryl/α,β-unsaturated/α-hetero) is 1. The number of para-hydroxylation sites is 1. The van der Waals surface area contributed by atoms with E-state index < -0.39 is 0 Å². The second-order valence-corrected chi connectivity index (χ2v) is 4.59. The third kappa shape index (κ3) is 2.20. The van der Waals surface area contributed by atoms with Crippen LogP contribution >= 0.6 is 0 Å². The number of hydrogen-bond donors (Lipinski definition) is 0. The zero-order valence-corrected chi connectivity index (χ0v) is 11.3. The predicted octanol–water partition coefficient (Wildman–Crippen LogP) is 2.88. The van der Waals surface area contributed by atoms with E-state index in [9.17, 15) is 4.79 Å². The molecule has 3 aromatic rings. The van der Waals surface area contributed by atoms with Crippen LogP contribution in [0.25, 0.3) is 10.9 Å². The van der Waals surface area contributed by atoms with Crippen molar-refractivity contribution in [3.8, 4) is 0 Å². The lowest BCUT2D eigenvalue weighted by molar-refractivity contribution is 0.0987. The highest BCUT2D eigenvalue weighted by Crippen LogP contribution is 2.19. The second kappa shape index (κ2) is 5.25. The minimum Gasteiger partial charge on any atom is -0.292 e. The van der Waals surface area contributed by atoms with E-state index in [1.54, 1.807) is 18.3 Å². The number of hydrogen-bond acceptors (Lipinski definition) is 3. The molecule has 0 aliphatic carbocycles. The van der Waals surface area contributed by atoms with Crippen LogP contribution in [0.5, 0.6) is 0 Å². The molecule has 0 N–H and O–H groups in total. The Hall–Kier alpha value is -2.49. The van der Waals surface area contributed by atoms with Crippen LogP contribution in [0.4, 0.5) is 0 Å². The van der Waals surface area contributed by atoms with Gasteiger partial charge >= 0.3 is 0 Å². The van der Waals surface area contributed by atoms with Crippen molar-refractivity contribution < 1.29 is 4.79 Å². The Labute approximate surface area is 117 Å². The van der Waals surface area contributed by atoms with Gasteiger partial charge in [0, 0.05) is 18.1 Å². The van der Waals surface area contributed by atoms with Crippen molar-refractivity contribution in [3.05, 3.63) is 60.0 Å². The molecule has 0 amide bonds. The molecule has 2 aromatic heterocycles. The maximum atomic E-state index is 12.2. The van der Waals surface area contributed by atoms with Crippen LogP contribution in [0.15, 0.2) is 48.7 Å². The van der Waals surface area contributed by atoms with Crippen LogP contribution < -0.4 is 0 Å². The fourth-order valence-electron chi connectivity index (χ4n) is 2.34. The van der Waals surface area contributed by atoms with Crippen molar-refractivity contribution in [3.63, 3.8) is 0 Å². The summed E-state index contributed by atoms with van der Waals surface area (Å²) < 4.78 is 1.93. The maximum Gasteiger partial charge on any atom is 0.187 e. The highest BCUT2D eigenvalue weighted by molar-refractivity contribution is 5.97. The van der Waals surface area contributed by atoms with E-state index in [0.29, 0.717) is 5.69 Å². The van der Waals surface area contributed by atoms with Crippen LogP contribution in [0.2, 0.25) is 0 Å². The molecular formula is C16H15N3O. The van der Waals surface area contributed by atoms with E-state index in [1.165, 1.54) is 0 Å². The number of carbonyl (C=O) groups excluding carboxylic acids is 1. The van der Waals surface area contributed by atoms with Crippen molar-refractivity contribution >= 4 is 16.7 Å². The zero-order chi connectivity index (χ0) is 13.9. The minimum absolute atomic E-state index is 0.00268. The number of ketones is 1. The maximum absolute atomic E-state index is 12.2. The van der Waals surface area contributed by atoms with E-state index in [1.807, 2.05) is 41.9 Å². The van der Waals surface area contributed by atoms with Gasteiger partial charge in [0.2, 0.25) is 0 Å². The lowest BCUT2D eigenvalue weighted by atomic mass is 10.1. The molecular weight excluding hydrogens is 250 g/mol. The summed E-state index contributed by atoms with van der Waals surface area (Å²) in [5.41, 5.74) is 2.37. The van der Waals surface area contributed by atoms with Gasteiger partial charge in [0.25, 0.3) is 0 Å². The molecule has 0 radical (unpaired) electrons. The van der Waals surface area contributed by atoms with Gasteiger partial charge in [-0.05, 0) is 25.1 Å². The molecule has 0 aliphatic heterocycles. The van der Waals surface area contributed by atoms with Gasteiger partial charge in [0.05, 0.1) is 17.6 Å². The molecule has 0 bridgehead atoms. The number of nitrogens with zero attached hydrogens (tertiary/aromatic N) is 3. The van der Waals surface area contributed by atoms with Gasteiger partial charge in [-0.2, -0.15) is 5.10 Å². The first kappa shape index (κ1) is 12.5. The summed E-state index contributed by atoms with van der Waals surface area (Å²) in [5, 5.41) is 5.58. The molecule has 0 unspecified atom stereocenters. The van der Waals surface area contributed by atoms with Crippen LogP contribution in [0.3, 0.4) is 0 Å². The number of aryl methyl sites for hydroxylation is 1. The van der Waals surface area contributed by atoms with Crippen molar-refractivity contribution in [2.45, 2.75) is 19.9 Å². The van der Waals surface area contributed by atoms with Crippen LogP contribution in [-0.4, -0.2) is 20.5 Å². The summed E-state index contributed by atoms with van der Waals surface area (Å²) in [6.07, 6.45) is 1.92. The van der Waals surface area contributed by atoms with Crippen molar-refractivity contribution in [1.29, 1.82) is 0 Å². The number of benzene rings is 1. The van der Waals surface area contributed by atoms with Crippen LogP contribution in [0, 0.1) is 0 Å². The average Bonchev–Trinajstić information content (AvgIpc) is 2.86. The molecule has 0 fully saturated rings. The molecule has 100 valence electrons. The van der Waals surface area contributed by atoms with Gasteiger partial charge in [-0.1, -0.05) is 24.3 Å². The minimum atomic E-state index is -0.00268. The summed E-state index contributed by atoms with van der Waals surface area (Å²) in [5.74, 6) is -0.00268. The van der Waals surface area contributed by atoms with Crippen molar-refractivity contribution in [2.75, 3.05) is 0 Å². The van der Waals surface area contributed by atoms with Gasteiger partial charge < -0.3 is 0 Å². The number of pyridine rings is 1. The van der Waals surface area contributed by atoms with E-state index in [-0.39, 0.29) is 12.2 Å². The van der Waals surface area contributed by atoms with E-state index in [0.717, 1.165) is 23.1 Å². The summed E-state index contributed by atoms with van der Waals surface area (Å²) >= 11 is 0. The summed E-state index contributed by atoms with van der Waals surface area (Å²) in [7, 11) is 0. The van der Waals surface area contributed by atoms with Gasteiger partial charge in [0.15, 0.2) is 5.78 Å². The Morgan fingerprint density at radius 2 is 1.95 bits per heavy atom. The molecule has 4 heteroatoms. The Kier molecular flexibility index (Phi) is 3.29. The monoisotopic (exact) mass is 265 g/mol. The summed E-state index contributed by atoms with van der Waals surface area (Å²) in [4.78, 5) is 16.3. The lowest BCUT2D eigenvalue weighted by Gasteiger charge is -1.98. The molecule has 0 atom stereocenters. The molecule has 0 aliphatic rings. The molecule has 2 heterocycles. The Balaban J connectivity index is 1.97. The highest BCUT2D eigenvalue weighted by atomic mass is 16.1. The highest BCUT2D eigenvalue weighted by Gasteiger charge is 2.14. The van der Waals surface area contributed by atoms with E-state index >= 15 is 0 Å². The Morgan fingerprint density at radius 3 is 2.70 bits per heavy atom. The summed E-state index contributed by atoms with van der Waals surface area (Å²) in [6.45, 7) is 2.84. The zero-order valence-electron chi connectivity index (χ0n) is 11.3. The summed E-state index contributed by atoms with van der Waals surface area (Å²) in [6, 6.07) is 13.4. The lowest BCUT2D eigenvalue weighted by Crippen LogP contribution is -2.07. The first-order chi connectivity index (χ1) is 9.79. The van der Waals surface area contributed by atoms with Gasteiger partial charge in [-0.25, -0.2) is 0 Å². The van der Waals surface area contributed by atoms with Crippen LogP contribution in [-0.2, 0) is 13.0 Å². The molecule has 0 saturated heterocycles. The van der Waals surface area contributed by atoms with Gasteiger partial charge in [0.1, 0.15) is 5.69 Å². The SMILES string of the molecule is CCn1nc(CC(=O)c2ccccn2)c2ccccc21. The molecule has 4 nitrogen and oxygen atoms in total. The molecule has 20 heavy (non-hydrogen) atoms. The Morgan fingerprint density at radius 1 is 1.15 bits per heavy atom. The largest absolute Gasteiger partial charge is 0.292 e. The van der Waals surface area contributed by atoms with Crippen molar-refractivity contribution in [2.24, 2.45) is 0 Å². The van der Waals surface area contributed by atoms with E-state index in [4.69, 9.17) is 0 Å². The van der Waals surface area contributed by atoms with Crippen molar-refractivity contribution in [1.82, 2.24) is 14.8 Å². The number of fused-ring (bicyclic) bond motifs is 1. The molecule has 3 rings (SSSR count). The standard InChI is InChI=1S/C16H15N3O/c1-2-19-15-9-4-3-7-12(15)14(18-19)11-16(20)13-8-5-6-10-17-13/h3-10H,2,11H2,1H3. The quantitative estimate of drug-likeness (QED) is 0.681. The average molecular weight is 265 g/mol. The first-order valence-electron chi connectivity index (χ1n) is 6.68. The predicted molar refractivity (Wildman–Crippen MR) is 77.7 cm³/mol. The third-order valence-corrected chi connectivity index (χ3v) is 3.31. The number of carbonyl (C=O) groups is 1. The second-order valence-electron chi connectivity index (χ2n) is 4.59. The molecule has 1 aromatic carbocycles.